The van der Waals surface area contributed by atoms with Gasteiger partial charge in [0.1, 0.15) is 0 Å². The van der Waals surface area contributed by atoms with E-state index in [1.165, 1.54) is 12.1 Å². The van der Waals surface area contributed by atoms with Crippen molar-refractivity contribution in [3.05, 3.63) is 33.9 Å². The third kappa shape index (κ3) is 4.51. The first-order chi connectivity index (χ1) is 9.47. The summed E-state index contributed by atoms with van der Waals surface area (Å²) in [5, 5.41) is 24.9. The maximum absolute atomic E-state index is 11.8. The lowest BCUT2D eigenvalue weighted by atomic mass is 10.1. The number of aryl methyl sites for hydroxylation is 1. The summed E-state index contributed by atoms with van der Waals surface area (Å²) >= 11 is 0. The van der Waals surface area contributed by atoms with Crippen LogP contribution in [0.3, 0.4) is 0 Å². The molecular formula is C13H19N3O4. The number of hydrogen-bond acceptors (Lipinski definition) is 4. The van der Waals surface area contributed by atoms with Crippen LogP contribution in [0.4, 0.5) is 16.2 Å². The number of non-ortho nitro benzene ring substituents is 1. The van der Waals surface area contributed by atoms with Crippen LogP contribution >= 0.6 is 0 Å². The first-order valence-electron chi connectivity index (χ1n) is 6.41. The maximum atomic E-state index is 11.8. The minimum absolute atomic E-state index is 0.00533. The van der Waals surface area contributed by atoms with Crippen LogP contribution in [-0.2, 0) is 0 Å². The average molecular weight is 281 g/mol. The Balaban J connectivity index is 2.74. The quantitative estimate of drug-likeness (QED) is 0.549. The summed E-state index contributed by atoms with van der Waals surface area (Å²) in [6.45, 7) is 3.65. The van der Waals surface area contributed by atoms with Crippen molar-refractivity contribution in [3.63, 3.8) is 0 Å². The van der Waals surface area contributed by atoms with Crippen LogP contribution in [0.2, 0.25) is 0 Å². The fraction of sp³-hybridized carbons (Fsp3) is 0.462. The number of aliphatic hydroxyl groups is 1. The van der Waals surface area contributed by atoms with Gasteiger partial charge in [-0.05, 0) is 25.3 Å². The van der Waals surface area contributed by atoms with Crippen molar-refractivity contribution >= 4 is 17.4 Å². The van der Waals surface area contributed by atoms with E-state index in [4.69, 9.17) is 5.11 Å². The topological polar surface area (TPSA) is 104 Å². The Labute approximate surface area is 117 Å². The normalized spacial score (nSPS) is 11.8. The molecule has 1 rings (SSSR count). The number of nitro groups is 1. The Morgan fingerprint density at radius 1 is 1.50 bits per heavy atom. The van der Waals surface area contributed by atoms with Crippen molar-refractivity contribution in [1.29, 1.82) is 0 Å². The van der Waals surface area contributed by atoms with Crippen LogP contribution in [0, 0.1) is 17.0 Å². The van der Waals surface area contributed by atoms with E-state index in [9.17, 15) is 14.9 Å². The Hall–Kier alpha value is -2.15. The first-order valence-corrected chi connectivity index (χ1v) is 6.41. The summed E-state index contributed by atoms with van der Waals surface area (Å²) in [4.78, 5) is 22.0. The highest BCUT2D eigenvalue weighted by atomic mass is 16.6. The van der Waals surface area contributed by atoms with Crippen LogP contribution in [0.5, 0.6) is 0 Å². The van der Waals surface area contributed by atoms with Crippen molar-refractivity contribution in [2.45, 2.75) is 32.7 Å². The van der Waals surface area contributed by atoms with Crippen molar-refractivity contribution in [2.75, 3.05) is 11.9 Å². The highest BCUT2D eigenvalue weighted by Crippen LogP contribution is 2.21. The number of nitrogens with one attached hydrogen (secondary N) is 2. The molecule has 0 heterocycles. The zero-order chi connectivity index (χ0) is 15.1. The summed E-state index contributed by atoms with van der Waals surface area (Å²) in [7, 11) is 0. The van der Waals surface area contributed by atoms with Gasteiger partial charge in [-0.3, -0.25) is 10.1 Å². The molecule has 1 atom stereocenters. The predicted molar refractivity (Wildman–Crippen MR) is 75.8 cm³/mol. The molecule has 110 valence electrons. The molecule has 0 saturated carbocycles. The lowest BCUT2D eigenvalue weighted by Crippen LogP contribution is -2.38. The second-order valence-electron chi connectivity index (χ2n) is 4.47. The number of nitrogens with zero attached hydrogens (tertiary/aromatic N) is 1. The van der Waals surface area contributed by atoms with E-state index in [1.54, 1.807) is 13.0 Å². The van der Waals surface area contributed by atoms with Gasteiger partial charge in [0.2, 0.25) is 0 Å². The molecule has 0 saturated heterocycles. The number of carbonyl (C=O) groups is 1. The average Bonchev–Trinajstić information content (AvgIpc) is 2.40. The second-order valence-corrected chi connectivity index (χ2v) is 4.47. The molecule has 20 heavy (non-hydrogen) atoms. The molecule has 1 unspecified atom stereocenters. The zero-order valence-corrected chi connectivity index (χ0v) is 11.5. The molecule has 7 nitrogen and oxygen atoms in total. The number of aliphatic hydroxyl groups excluding tert-OH is 1. The van der Waals surface area contributed by atoms with Crippen LogP contribution in [-0.4, -0.2) is 28.7 Å². The highest BCUT2D eigenvalue weighted by Gasteiger charge is 2.13. The SMILES string of the molecule is CCC(CCO)NC(=O)Nc1cc([N+](=O)[O-])ccc1C. The number of carbonyl (C=O) groups excluding carboxylic acids is 1. The zero-order valence-electron chi connectivity index (χ0n) is 11.5. The van der Waals surface area contributed by atoms with Crippen molar-refractivity contribution < 1.29 is 14.8 Å². The molecule has 0 aromatic heterocycles. The monoisotopic (exact) mass is 281 g/mol. The summed E-state index contributed by atoms with van der Waals surface area (Å²) in [5.41, 5.74) is 1.06. The third-order valence-electron chi connectivity index (χ3n) is 2.99. The minimum atomic E-state index is -0.511. The summed E-state index contributed by atoms with van der Waals surface area (Å²) in [6.07, 6.45) is 1.17. The number of nitro benzene ring substituents is 1. The molecule has 0 radical (unpaired) electrons. The van der Waals surface area contributed by atoms with Gasteiger partial charge in [0.25, 0.3) is 5.69 Å². The Morgan fingerprint density at radius 2 is 2.20 bits per heavy atom. The number of benzene rings is 1. The maximum Gasteiger partial charge on any atom is 0.319 e. The van der Waals surface area contributed by atoms with Crippen molar-refractivity contribution in [2.24, 2.45) is 0 Å². The third-order valence-corrected chi connectivity index (χ3v) is 2.99. The van der Waals surface area contributed by atoms with Crippen LogP contribution in [0.25, 0.3) is 0 Å². The smallest absolute Gasteiger partial charge is 0.319 e. The van der Waals surface area contributed by atoms with E-state index in [0.29, 0.717) is 18.5 Å². The standard InChI is InChI=1S/C13H19N3O4/c1-3-10(6-7-17)14-13(18)15-12-8-11(16(19)20)5-4-9(12)2/h4-5,8,10,17H,3,6-7H2,1-2H3,(H2,14,15,18). The van der Waals surface area contributed by atoms with Gasteiger partial charge in [-0.25, -0.2) is 4.79 Å². The van der Waals surface area contributed by atoms with E-state index in [1.807, 2.05) is 6.92 Å². The van der Waals surface area contributed by atoms with Gasteiger partial charge in [0, 0.05) is 24.8 Å². The lowest BCUT2D eigenvalue weighted by molar-refractivity contribution is -0.384. The molecule has 7 heteroatoms. The number of urea groups is 1. The molecule has 0 fully saturated rings. The largest absolute Gasteiger partial charge is 0.396 e. The summed E-state index contributed by atoms with van der Waals surface area (Å²) in [5.74, 6) is 0. The molecule has 0 aliphatic rings. The van der Waals surface area contributed by atoms with Gasteiger partial charge in [-0.2, -0.15) is 0 Å². The summed E-state index contributed by atoms with van der Waals surface area (Å²) < 4.78 is 0. The molecule has 1 aromatic carbocycles. The van der Waals surface area contributed by atoms with E-state index in [-0.39, 0.29) is 18.3 Å². The Bertz CT molecular complexity index is 491. The van der Waals surface area contributed by atoms with E-state index < -0.39 is 11.0 Å². The Morgan fingerprint density at radius 3 is 2.75 bits per heavy atom. The van der Waals surface area contributed by atoms with Crippen molar-refractivity contribution in [1.82, 2.24) is 5.32 Å². The fourth-order valence-corrected chi connectivity index (χ4v) is 1.74. The predicted octanol–water partition coefficient (Wildman–Crippen LogP) is 2.19. The number of anilines is 1. The molecule has 2 amide bonds. The molecule has 3 N–H and O–H groups in total. The molecule has 0 aliphatic carbocycles. The van der Waals surface area contributed by atoms with Crippen molar-refractivity contribution in [3.8, 4) is 0 Å². The molecule has 0 bridgehead atoms. The first kappa shape index (κ1) is 15.9. The number of amides is 2. The fourth-order valence-electron chi connectivity index (χ4n) is 1.74. The van der Waals surface area contributed by atoms with Gasteiger partial charge in [0.05, 0.1) is 10.6 Å². The van der Waals surface area contributed by atoms with Gasteiger partial charge in [-0.1, -0.05) is 13.0 Å². The van der Waals surface area contributed by atoms with E-state index in [0.717, 1.165) is 5.56 Å². The molecular weight excluding hydrogens is 262 g/mol. The minimum Gasteiger partial charge on any atom is -0.396 e. The van der Waals surface area contributed by atoms with Gasteiger partial charge in [-0.15, -0.1) is 0 Å². The van der Waals surface area contributed by atoms with E-state index in [2.05, 4.69) is 10.6 Å². The highest BCUT2D eigenvalue weighted by molar-refractivity contribution is 5.90. The summed E-state index contributed by atoms with van der Waals surface area (Å²) in [6, 6.07) is 3.73. The van der Waals surface area contributed by atoms with Crippen LogP contribution in [0.1, 0.15) is 25.3 Å². The van der Waals surface area contributed by atoms with Crippen LogP contribution in [0.15, 0.2) is 18.2 Å². The van der Waals surface area contributed by atoms with E-state index >= 15 is 0 Å². The second kappa shape index (κ2) is 7.44. The lowest BCUT2D eigenvalue weighted by Gasteiger charge is -2.16. The van der Waals surface area contributed by atoms with Crippen LogP contribution < -0.4 is 10.6 Å². The van der Waals surface area contributed by atoms with Gasteiger partial charge in [0.15, 0.2) is 0 Å². The number of rotatable bonds is 6. The molecule has 0 spiro atoms. The van der Waals surface area contributed by atoms with Gasteiger partial charge < -0.3 is 15.7 Å². The Kier molecular flexibility index (Phi) is 5.92. The molecule has 0 aliphatic heterocycles. The molecule has 1 aromatic rings. The van der Waals surface area contributed by atoms with Gasteiger partial charge >= 0.3 is 6.03 Å². The number of hydrogen-bond donors (Lipinski definition) is 3.